The maximum atomic E-state index is 11.8. The molecule has 1 N–H and O–H groups in total. The summed E-state index contributed by atoms with van der Waals surface area (Å²) in [6, 6.07) is 0. The Balaban J connectivity index is 3.77. The van der Waals surface area contributed by atoms with Crippen LogP contribution >= 0.6 is 0 Å². The summed E-state index contributed by atoms with van der Waals surface area (Å²) < 4.78 is 5.08. The molecule has 0 saturated carbocycles. The van der Waals surface area contributed by atoms with Gasteiger partial charge < -0.3 is 10.1 Å². The fourth-order valence-electron chi connectivity index (χ4n) is 5.48. The van der Waals surface area contributed by atoms with Crippen LogP contribution in [0.1, 0.15) is 194 Å². The molecule has 0 aromatic rings. The summed E-state index contributed by atoms with van der Waals surface area (Å²) in [4.78, 5) is 11.8. The highest BCUT2D eigenvalue weighted by atomic mass is 16.5. The van der Waals surface area contributed by atoms with E-state index in [2.05, 4.69) is 19.2 Å². The third-order valence-electron chi connectivity index (χ3n) is 7.99. The first-order chi connectivity index (χ1) is 18.2. The van der Waals surface area contributed by atoms with E-state index in [0.29, 0.717) is 12.5 Å². The van der Waals surface area contributed by atoms with Crippen molar-refractivity contribution < 1.29 is 9.53 Å². The summed E-state index contributed by atoms with van der Waals surface area (Å²) in [5.41, 5.74) is 0. The van der Waals surface area contributed by atoms with Crippen LogP contribution in [0.5, 0.6) is 0 Å². The number of alkyl carbamates (subject to hydrolysis) is 1. The van der Waals surface area contributed by atoms with Gasteiger partial charge in [-0.2, -0.15) is 0 Å². The molecule has 0 aliphatic carbocycles. The molecule has 0 aromatic carbocycles. The monoisotopic (exact) mass is 524 g/mol. The van der Waals surface area contributed by atoms with Gasteiger partial charge in [-0.25, -0.2) is 4.79 Å². The van der Waals surface area contributed by atoms with Gasteiger partial charge in [-0.1, -0.05) is 174 Å². The lowest BCUT2D eigenvalue weighted by atomic mass is 9.94. The highest BCUT2D eigenvalue weighted by molar-refractivity contribution is 5.66. The highest BCUT2D eigenvalue weighted by Gasteiger charge is 2.11. The zero-order valence-electron chi connectivity index (χ0n) is 25.9. The summed E-state index contributed by atoms with van der Waals surface area (Å²) in [5.74, 6) is 0.611. The molecule has 0 fully saturated rings. The van der Waals surface area contributed by atoms with Crippen molar-refractivity contribution in [2.75, 3.05) is 13.2 Å². The average Bonchev–Trinajstić information content (AvgIpc) is 2.90. The number of nitrogens with one attached hydrogen (secondary N) is 1. The van der Waals surface area contributed by atoms with Crippen molar-refractivity contribution in [1.29, 1.82) is 0 Å². The van der Waals surface area contributed by atoms with Crippen LogP contribution in [0.2, 0.25) is 0 Å². The minimum Gasteiger partial charge on any atom is -0.450 e. The van der Waals surface area contributed by atoms with Crippen LogP contribution in [-0.4, -0.2) is 19.2 Å². The predicted molar refractivity (Wildman–Crippen MR) is 165 cm³/mol. The lowest BCUT2D eigenvalue weighted by molar-refractivity contribution is 0.149. The lowest BCUT2D eigenvalue weighted by Gasteiger charge is -2.17. The van der Waals surface area contributed by atoms with E-state index < -0.39 is 0 Å². The number of amides is 1. The molecular weight excluding hydrogens is 454 g/mol. The number of carbonyl (C=O) groups excluding carboxylic acids is 1. The Morgan fingerprint density at radius 3 is 1.08 bits per heavy atom. The zero-order chi connectivity index (χ0) is 27.1. The molecule has 0 heterocycles. The van der Waals surface area contributed by atoms with Crippen molar-refractivity contribution in [3.63, 3.8) is 0 Å². The van der Waals surface area contributed by atoms with Crippen molar-refractivity contribution in [2.24, 2.45) is 5.92 Å². The van der Waals surface area contributed by atoms with Crippen LogP contribution in [0.15, 0.2) is 0 Å². The minimum absolute atomic E-state index is 0.243. The normalized spacial score (nSPS) is 12.1. The van der Waals surface area contributed by atoms with E-state index in [1.807, 2.05) is 6.92 Å². The number of unbranched alkanes of at least 4 members (excludes halogenated alkanes) is 23. The summed E-state index contributed by atoms with van der Waals surface area (Å²) in [6.07, 6.45) is 37.3. The van der Waals surface area contributed by atoms with Gasteiger partial charge in [-0.15, -0.1) is 0 Å². The van der Waals surface area contributed by atoms with E-state index >= 15 is 0 Å². The second-order valence-corrected chi connectivity index (χ2v) is 11.7. The first-order valence-corrected chi connectivity index (χ1v) is 17.1. The van der Waals surface area contributed by atoms with Gasteiger partial charge in [0.2, 0.25) is 0 Å². The van der Waals surface area contributed by atoms with Gasteiger partial charge in [-0.3, -0.25) is 0 Å². The maximum absolute atomic E-state index is 11.8. The first kappa shape index (κ1) is 36.3. The molecule has 0 spiro atoms. The van der Waals surface area contributed by atoms with Crippen LogP contribution < -0.4 is 5.32 Å². The summed E-state index contributed by atoms with van der Waals surface area (Å²) in [5, 5.41) is 3.01. The van der Waals surface area contributed by atoms with Crippen molar-refractivity contribution in [1.82, 2.24) is 5.32 Å². The maximum Gasteiger partial charge on any atom is 0.407 e. The average molecular weight is 524 g/mol. The molecule has 0 bridgehead atoms. The van der Waals surface area contributed by atoms with Gasteiger partial charge in [-0.05, 0) is 25.7 Å². The van der Waals surface area contributed by atoms with Gasteiger partial charge in [0.15, 0.2) is 0 Å². The molecule has 0 aliphatic rings. The summed E-state index contributed by atoms with van der Waals surface area (Å²) in [6.45, 7) is 7.69. The fourth-order valence-corrected chi connectivity index (χ4v) is 5.48. The van der Waals surface area contributed by atoms with Crippen LogP contribution in [0, 0.1) is 5.92 Å². The van der Waals surface area contributed by atoms with E-state index in [1.54, 1.807) is 0 Å². The Labute approximate surface area is 234 Å². The third-order valence-corrected chi connectivity index (χ3v) is 7.99. The Morgan fingerprint density at radius 1 is 0.486 bits per heavy atom. The largest absolute Gasteiger partial charge is 0.450 e. The van der Waals surface area contributed by atoms with Gasteiger partial charge in [0.1, 0.15) is 0 Å². The molecule has 0 aliphatic heterocycles. The summed E-state index contributed by atoms with van der Waals surface area (Å²) >= 11 is 0. The molecule has 1 amide bonds. The van der Waals surface area contributed by atoms with E-state index in [4.69, 9.17) is 4.74 Å². The molecule has 0 saturated heterocycles. The van der Waals surface area contributed by atoms with E-state index in [1.165, 1.54) is 173 Å². The number of hydrogen-bond donors (Lipinski definition) is 1. The number of carbonyl (C=O) groups is 1. The molecule has 37 heavy (non-hydrogen) atoms. The molecule has 1 atom stereocenters. The van der Waals surface area contributed by atoms with E-state index in [-0.39, 0.29) is 6.09 Å². The highest BCUT2D eigenvalue weighted by Crippen LogP contribution is 2.20. The van der Waals surface area contributed by atoms with E-state index in [9.17, 15) is 4.79 Å². The molecule has 0 rings (SSSR count). The van der Waals surface area contributed by atoms with Crippen LogP contribution in [0.4, 0.5) is 4.79 Å². The number of hydrogen-bond acceptors (Lipinski definition) is 2. The molecule has 3 heteroatoms. The standard InChI is InChI=1S/C34H69NO2/c1-4-7-9-11-13-15-17-19-21-23-25-27-29-31-33(32-35-34(36)37-6-3)30-28-26-24-22-20-18-16-14-12-10-8-5-2/h33H,4-32H2,1-3H3,(H,35,36). The fraction of sp³-hybridized carbons (Fsp3) is 0.971. The Bertz CT molecular complexity index is 440. The topological polar surface area (TPSA) is 38.3 Å². The SMILES string of the molecule is CCCCCCCCCCCCCCCC(CCCCCCCCCCCCCC)CNC(=O)OCC. The van der Waals surface area contributed by atoms with Crippen molar-refractivity contribution >= 4 is 6.09 Å². The van der Waals surface area contributed by atoms with Gasteiger partial charge in [0, 0.05) is 6.54 Å². The van der Waals surface area contributed by atoms with E-state index in [0.717, 1.165) is 6.54 Å². The van der Waals surface area contributed by atoms with Crippen molar-refractivity contribution in [2.45, 2.75) is 194 Å². The number of ether oxygens (including phenoxy) is 1. The molecule has 1 unspecified atom stereocenters. The quantitative estimate of drug-likeness (QED) is 0.0950. The Morgan fingerprint density at radius 2 is 0.784 bits per heavy atom. The minimum atomic E-state index is -0.243. The van der Waals surface area contributed by atoms with Crippen LogP contribution in [0.3, 0.4) is 0 Å². The molecule has 0 aromatic heterocycles. The molecule has 222 valence electrons. The van der Waals surface area contributed by atoms with Crippen LogP contribution in [-0.2, 0) is 4.74 Å². The van der Waals surface area contributed by atoms with Crippen LogP contribution in [0.25, 0.3) is 0 Å². The Kier molecular flexibility index (Phi) is 30.9. The molecule has 3 nitrogen and oxygen atoms in total. The molecule has 0 radical (unpaired) electrons. The smallest absolute Gasteiger partial charge is 0.407 e. The second-order valence-electron chi connectivity index (χ2n) is 11.7. The lowest BCUT2D eigenvalue weighted by Crippen LogP contribution is -2.30. The summed E-state index contributed by atoms with van der Waals surface area (Å²) in [7, 11) is 0. The molecular formula is C34H69NO2. The van der Waals surface area contributed by atoms with Gasteiger partial charge >= 0.3 is 6.09 Å². The second kappa shape index (κ2) is 31.5. The van der Waals surface area contributed by atoms with Crippen molar-refractivity contribution in [3.8, 4) is 0 Å². The first-order valence-electron chi connectivity index (χ1n) is 17.1. The number of rotatable bonds is 30. The van der Waals surface area contributed by atoms with Gasteiger partial charge in [0.25, 0.3) is 0 Å². The zero-order valence-corrected chi connectivity index (χ0v) is 25.9. The van der Waals surface area contributed by atoms with Gasteiger partial charge in [0.05, 0.1) is 6.61 Å². The Hall–Kier alpha value is -0.730. The predicted octanol–water partition coefficient (Wildman–Crippen LogP) is 11.9. The van der Waals surface area contributed by atoms with Crippen molar-refractivity contribution in [3.05, 3.63) is 0 Å². The third kappa shape index (κ3) is 29.7.